The first-order valence-electron chi connectivity index (χ1n) is 10.3. The molecule has 0 aromatic heterocycles. The number of rotatable bonds is 7. The number of aliphatic hydroxyl groups is 1. The zero-order valence-corrected chi connectivity index (χ0v) is 19.2. The smallest absolute Gasteiger partial charge is 0.191 e. The highest BCUT2D eigenvalue weighted by Gasteiger charge is 2.29. The summed E-state index contributed by atoms with van der Waals surface area (Å²) in [6.07, 6.45) is 3.84. The van der Waals surface area contributed by atoms with Crippen LogP contribution in [-0.2, 0) is 4.74 Å². The highest BCUT2D eigenvalue weighted by molar-refractivity contribution is 14.0. The summed E-state index contributed by atoms with van der Waals surface area (Å²) in [6.45, 7) is 7.59. The summed E-state index contributed by atoms with van der Waals surface area (Å²) in [7, 11) is 0. The lowest BCUT2D eigenvalue weighted by Gasteiger charge is -2.31. The van der Waals surface area contributed by atoms with Gasteiger partial charge in [0.15, 0.2) is 5.96 Å². The molecule has 0 bridgehead atoms. The van der Waals surface area contributed by atoms with Crippen LogP contribution in [0.3, 0.4) is 0 Å². The van der Waals surface area contributed by atoms with Gasteiger partial charge in [-0.25, -0.2) is 0 Å². The van der Waals surface area contributed by atoms with Crippen molar-refractivity contribution < 1.29 is 9.84 Å². The van der Waals surface area contributed by atoms with Gasteiger partial charge in [0.1, 0.15) is 0 Å². The molecule has 1 aromatic rings. The minimum atomic E-state index is -0.742. The maximum absolute atomic E-state index is 10.7. The Morgan fingerprint density at radius 2 is 1.86 bits per heavy atom. The fourth-order valence-corrected chi connectivity index (χ4v) is 3.86. The predicted molar refractivity (Wildman–Crippen MR) is 124 cm³/mol. The van der Waals surface area contributed by atoms with E-state index in [1.165, 1.54) is 18.4 Å². The van der Waals surface area contributed by atoms with Crippen molar-refractivity contribution in [2.75, 3.05) is 45.9 Å². The number of likely N-dealkylation sites (tertiary alicyclic amines) is 1. The van der Waals surface area contributed by atoms with E-state index in [-0.39, 0.29) is 24.0 Å². The van der Waals surface area contributed by atoms with Crippen LogP contribution in [0.25, 0.3) is 0 Å². The number of benzene rings is 1. The van der Waals surface area contributed by atoms with Crippen molar-refractivity contribution in [3.8, 4) is 0 Å². The average Bonchev–Trinajstić information content (AvgIpc) is 3.22. The highest BCUT2D eigenvalue weighted by Crippen LogP contribution is 2.24. The first-order valence-corrected chi connectivity index (χ1v) is 10.3. The van der Waals surface area contributed by atoms with Gasteiger partial charge in [-0.1, -0.05) is 30.3 Å². The number of nitrogens with one attached hydrogen (secondary N) is 2. The van der Waals surface area contributed by atoms with Crippen molar-refractivity contribution >= 4 is 29.9 Å². The van der Waals surface area contributed by atoms with Crippen molar-refractivity contribution in [2.24, 2.45) is 4.99 Å². The number of halogens is 1. The quantitative estimate of drug-likeness (QED) is 0.304. The lowest BCUT2D eigenvalue weighted by molar-refractivity contribution is -0.0566. The molecule has 2 saturated heterocycles. The fraction of sp³-hybridized carbons (Fsp3) is 0.667. The van der Waals surface area contributed by atoms with Crippen LogP contribution in [0.1, 0.15) is 44.2 Å². The van der Waals surface area contributed by atoms with Gasteiger partial charge in [-0.15, -0.1) is 24.0 Å². The van der Waals surface area contributed by atoms with Crippen LogP contribution >= 0.6 is 24.0 Å². The van der Waals surface area contributed by atoms with Crippen LogP contribution in [0.5, 0.6) is 0 Å². The van der Waals surface area contributed by atoms with Gasteiger partial charge in [0.25, 0.3) is 0 Å². The molecule has 0 amide bonds. The van der Waals surface area contributed by atoms with Gasteiger partial charge in [-0.3, -0.25) is 9.89 Å². The SMILES string of the molecule is CCNC(=NCC1(O)CCOCC1)NCC(c1ccccc1)N1CCCC1.I. The molecule has 3 rings (SSSR count). The molecule has 28 heavy (non-hydrogen) atoms. The molecule has 0 saturated carbocycles. The Morgan fingerprint density at radius 1 is 1.18 bits per heavy atom. The number of aliphatic imine (C=N–C) groups is 1. The molecular weight excluding hydrogens is 467 g/mol. The molecule has 2 heterocycles. The summed E-state index contributed by atoms with van der Waals surface area (Å²) in [4.78, 5) is 7.22. The van der Waals surface area contributed by atoms with Crippen LogP contribution < -0.4 is 10.6 Å². The normalized spacial score (nSPS) is 21.0. The maximum Gasteiger partial charge on any atom is 0.191 e. The van der Waals surface area contributed by atoms with Gasteiger partial charge < -0.3 is 20.5 Å². The van der Waals surface area contributed by atoms with Gasteiger partial charge in [0.05, 0.1) is 18.2 Å². The maximum atomic E-state index is 10.7. The van der Waals surface area contributed by atoms with Gasteiger partial charge in [0, 0.05) is 39.1 Å². The zero-order chi connectivity index (χ0) is 19.0. The second kappa shape index (κ2) is 11.9. The molecule has 1 aromatic carbocycles. The molecule has 158 valence electrons. The largest absolute Gasteiger partial charge is 0.388 e. The highest BCUT2D eigenvalue weighted by atomic mass is 127. The summed E-state index contributed by atoms with van der Waals surface area (Å²) in [5, 5.41) is 17.5. The number of hydrogen-bond acceptors (Lipinski definition) is 4. The molecule has 7 heteroatoms. The lowest BCUT2D eigenvalue weighted by Crippen LogP contribution is -2.45. The summed E-state index contributed by atoms with van der Waals surface area (Å²) < 4.78 is 5.36. The third-order valence-electron chi connectivity index (χ3n) is 5.53. The van der Waals surface area contributed by atoms with E-state index in [9.17, 15) is 5.11 Å². The molecule has 0 aliphatic carbocycles. The van der Waals surface area contributed by atoms with Crippen LogP contribution in [0.15, 0.2) is 35.3 Å². The minimum Gasteiger partial charge on any atom is -0.388 e. The van der Waals surface area contributed by atoms with E-state index in [0.29, 0.717) is 38.6 Å². The molecule has 3 N–H and O–H groups in total. The van der Waals surface area contributed by atoms with E-state index in [1.54, 1.807) is 0 Å². The standard InChI is InChI=1S/C21H34N4O2.HI/c1-2-22-20(24-17-21(26)10-14-27-15-11-21)23-16-19(25-12-6-7-13-25)18-8-4-3-5-9-18;/h3-5,8-9,19,26H,2,6-7,10-17H2,1H3,(H2,22,23,24);1H. The van der Waals surface area contributed by atoms with E-state index in [1.807, 2.05) is 0 Å². The van der Waals surface area contributed by atoms with E-state index >= 15 is 0 Å². The van der Waals surface area contributed by atoms with Crippen molar-refractivity contribution in [3.05, 3.63) is 35.9 Å². The van der Waals surface area contributed by atoms with Crippen LogP contribution in [0.4, 0.5) is 0 Å². The Bertz CT molecular complexity index is 587. The van der Waals surface area contributed by atoms with Crippen molar-refractivity contribution in [1.29, 1.82) is 0 Å². The molecule has 2 fully saturated rings. The number of guanidine groups is 1. The third-order valence-corrected chi connectivity index (χ3v) is 5.53. The number of ether oxygens (including phenoxy) is 1. The monoisotopic (exact) mass is 502 g/mol. The fourth-order valence-electron chi connectivity index (χ4n) is 3.86. The summed E-state index contributed by atoms with van der Waals surface area (Å²) >= 11 is 0. The predicted octanol–water partition coefficient (Wildman–Crippen LogP) is 2.54. The van der Waals surface area contributed by atoms with Crippen LogP contribution in [0, 0.1) is 0 Å². The first kappa shape index (κ1) is 23.4. The Kier molecular flexibility index (Phi) is 9.98. The zero-order valence-electron chi connectivity index (χ0n) is 16.9. The van der Waals surface area contributed by atoms with E-state index in [2.05, 4.69) is 57.8 Å². The van der Waals surface area contributed by atoms with Crippen molar-refractivity contribution in [1.82, 2.24) is 15.5 Å². The molecule has 0 spiro atoms. The van der Waals surface area contributed by atoms with E-state index in [4.69, 9.17) is 4.74 Å². The summed E-state index contributed by atoms with van der Waals surface area (Å²) in [5.41, 5.74) is 0.597. The molecule has 6 nitrogen and oxygen atoms in total. The second-order valence-electron chi connectivity index (χ2n) is 7.58. The molecule has 2 aliphatic heterocycles. The summed E-state index contributed by atoms with van der Waals surface area (Å²) in [5.74, 6) is 0.776. The molecule has 0 radical (unpaired) electrons. The lowest BCUT2D eigenvalue weighted by atomic mass is 9.95. The van der Waals surface area contributed by atoms with Gasteiger partial charge in [-0.2, -0.15) is 0 Å². The van der Waals surface area contributed by atoms with Crippen LogP contribution in [-0.4, -0.2) is 67.5 Å². The van der Waals surface area contributed by atoms with Crippen LogP contribution in [0.2, 0.25) is 0 Å². The molecule has 1 atom stereocenters. The average molecular weight is 502 g/mol. The Morgan fingerprint density at radius 3 is 2.50 bits per heavy atom. The Labute approximate surface area is 186 Å². The third kappa shape index (κ3) is 6.86. The van der Waals surface area contributed by atoms with E-state index in [0.717, 1.165) is 32.1 Å². The van der Waals surface area contributed by atoms with Crippen molar-refractivity contribution in [3.63, 3.8) is 0 Å². The number of hydrogen-bond donors (Lipinski definition) is 3. The molecule has 2 aliphatic rings. The Hall–Kier alpha value is -0.900. The van der Waals surface area contributed by atoms with Gasteiger partial charge in [0.2, 0.25) is 0 Å². The number of nitrogens with zero attached hydrogens (tertiary/aromatic N) is 2. The molecule has 1 unspecified atom stereocenters. The summed E-state index contributed by atoms with van der Waals surface area (Å²) in [6, 6.07) is 11.0. The van der Waals surface area contributed by atoms with E-state index < -0.39 is 5.60 Å². The van der Waals surface area contributed by atoms with Gasteiger partial charge in [-0.05, 0) is 38.4 Å². The minimum absolute atomic E-state index is 0. The first-order chi connectivity index (χ1) is 13.2. The van der Waals surface area contributed by atoms with Crippen molar-refractivity contribution in [2.45, 2.75) is 44.2 Å². The second-order valence-corrected chi connectivity index (χ2v) is 7.58. The topological polar surface area (TPSA) is 69.1 Å². The molecular formula is C21H35IN4O2. The Balaban J connectivity index is 0.00000280. The van der Waals surface area contributed by atoms with Gasteiger partial charge >= 0.3 is 0 Å².